The van der Waals surface area contributed by atoms with Crippen LogP contribution in [0.25, 0.3) is 0 Å². The van der Waals surface area contributed by atoms with Crippen LogP contribution >= 0.6 is 0 Å². The SMILES string of the molecule is C[C@@H]1CNC[C@H]1C(=O)NCC1(C)CCOCC1. The Labute approximate surface area is 103 Å². The van der Waals surface area contributed by atoms with Crippen LogP contribution in [-0.4, -0.2) is 38.8 Å². The summed E-state index contributed by atoms with van der Waals surface area (Å²) in [5.74, 6) is 0.825. The van der Waals surface area contributed by atoms with Crippen LogP contribution < -0.4 is 10.6 Å². The summed E-state index contributed by atoms with van der Waals surface area (Å²) in [6.45, 7) is 8.61. The van der Waals surface area contributed by atoms with Gasteiger partial charge in [-0.25, -0.2) is 0 Å². The van der Waals surface area contributed by atoms with Crippen LogP contribution in [-0.2, 0) is 9.53 Å². The average Bonchev–Trinajstić information content (AvgIpc) is 2.74. The molecule has 17 heavy (non-hydrogen) atoms. The first-order chi connectivity index (χ1) is 8.11. The molecule has 0 aromatic rings. The second kappa shape index (κ2) is 5.36. The summed E-state index contributed by atoms with van der Waals surface area (Å²) in [6.07, 6.45) is 2.09. The normalized spacial score (nSPS) is 32.4. The van der Waals surface area contributed by atoms with Gasteiger partial charge in [0.1, 0.15) is 0 Å². The quantitative estimate of drug-likeness (QED) is 0.766. The van der Waals surface area contributed by atoms with E-state index < -0.39 is 0 Å². The summed E-state index contributed by atoms with van der Waals surface area (Å²) < 4.78 is 5.37. The molecule has 2 heterocycles. The van der Waals surface area contributed by atoms with E-state index in [9.17, 15) is 4.79 Å². The first-order valence-electron chi connectivity index (χ1n) is 6.67. The minimum atomic E-state index is 0.151. The Morgan fingerprint density at radius 1 is 1.41 bits per heavy atom. The highest BCUT2D eigenvalue weighted by atomic mass is 16.5. The summed E-state index contributed by atoms with van der Waals surface area (Å²) in [5, 5.41) is 6.40. The molecular weight excluding hydrogens is 216 g/mol. The standard InChI is InChI=1S/C13H24N2O2/c1-10-7-14-8-11(10)12(16)15-9-13(2)3-5-17-6-4-13/h10-11,14H,3-9H2,1-2H3,(H,15,16)/t10-,11-/m1/s1. The van der Waals surface area contributed by atoms with Crippen molar-refractivity contribution in [1.82, 2.24) is 10.6 Å². The number of rotatable bonds is 3. The molecule has 2 aliphatic rings. The third kappa shape index (κ3) is 3.19. The van der Waals surface area contributed by atoms with Crippen molar-refractivity contribution >= 4 is 5.91 Å². The number of nitrogens with one attached hydrogen (secondary N) is 2. The molecule has 0 spiro atoms. The van der Waals surface area contributed by atoms with Crippen LogP contribution in [0.2, 0.25) is 0 Å². The number of hydrogen-bond donors (Lipinski definition) is 2. The number of carbonyl (C=O) groups is 1. The highest BCUT2D eigenvalue weighted by molar-refractivity contribution is 5.79. The first kappa shape index (κ1) is 12.8. The largest absolute Gasteiger partial charge is 0.381 e. The van der Waals surface area contributed by atoms with Gasteiger partial charge in [-0.15, -0.1) is 0 Å². The maximum absolute atomic E-state index is 12.1. The topological polar surface area (TPSA) is 50.4 Å². The van der Waals surface area contributed by atoms with Gasteiger partial charge in [-0.1, -0.05) is 13.8 Å². The van der Waals surface area contributed by atoms with Crippen LogP contribution in [0.3, 0.4) is 0 Å². The predicted molar refractivity (Wildman–Crippen MR) is 66.7 cm³/mol. The summed E-state index contributed by atoms with van der Waals surface area (Å²) >= 11 is 0. The van der Waals surface area contributed by atoms with Crippen molar-refractivity contribution in [3.63, 3.8) is 0 Å². The van der Waals surface area contributed by atoms with Crippen molar-refractivity contribution in [3.8, 4) is 0 Å². The number of carbonyl (C=O) groups excluding carboxylic acids is 1. The molecule has 2 N–H and O–H groups in total. The highest BCUT2D eigenvalue weighted by Crippen LogP contribution is 2.29. The molecule has 0 radical (unpaired) electrons. The van der Waals surface area contributed by atoms with Gasteiger partial charge < -0.3 is 15.4 Å². The highest BCUT2D eigenvalue weighted by Gasteiger charge is 2.32. The molecule has 4 heteroatoms. The van der Waals surface area contributed by atoms with Gasteiger partial charge in [0.2, 0.25) is 5.91 Å². The van der Waals surface area contributed by atoms with Crippen molar-refractivity contribution in [2.45, 2.75) is 26.7 Å². The molecule has 0 bridgehead atoms. The second-order valence-electron chi connectivity index (χ2n) is 5.88. The monoisotopic (exact) mass is 240 g/mol. The Balaban J connectivity index is 1.79. The van der Waals surface area contributed by atoms with Crippen LogP contribution in [0.5, 0.6) is 0 Å². The lowest BCUT2D eigenvalue weighted by Crippen LogP contribution is -2.42. The summed E-state index contributed by atoms with van der Waals surface area (Å²) in [4.78, 5) is 12.1. The zero-order valence-electron chi connectivity index (χ0n) is 10.9. The van der Waals surface area contributed by atoms with Crippen molar-refractivity contribution < 1.29 is 9.53 Å². The van der Waals surface area contributed by atoms with E-state index in [1.54, 1.807) is 0 Å². The lowest BCUT2D eigenvalue weighted by Gasteiger charge is -2.34. The Morgan fingerprint density at radius 2 is 2.12 bits per heavy atom. The average molecular weight is 240 g/mol. The Hall–Kier alpha value is -0.610. The van der Waals surface area contributed by atoms with E-state index in [0.717, 1.165) is 45.7 Å². The summed E-state index contributed by atoms with van der Waals surface area (Å²) in [5.41, 5.74) is 0.225. The third-order valence-electron chi connectivity index (χ3n) is 4.24. The van der Waals surface area contributed by atoms with E-state index in [0.29, 0.717) is 5.92 Å². The molecule has 0 aromatic heterocycles. The summed E-state index contributed by atoms with van der Waals surface area (Å²) in [7, 11) is 0. The number of hydrogen-bond acceptors (Lipinski definition) is 3. The van der Waals surface area contributed by atoms with E-state index in [1.807, 2.05) is 0 Å². The van der Waals surface area contributed by atoms with Gasteiger partial charge in [-0.2, -0.15) is 0 Å². The van der Waals surface area contributed by atoms with Gasteiger partial charge >= 0.3 is 0 Å². The first-order valence-corrected chi connectivity index (χ1v) is 6.67. The van der Waals surface area contributed by atoms with Gasteiger partial charge in [0.15, 0.2) is 0 Å². The van der Waals surface area contributed by atoms with Gasteiger partial charge in [0.05, 0.1) is 5.92 Å². The maximum atomic E-state index is 12.1. The molecule has 1 amide bonds. The van der Waals surface area contributed by atoms with Crippen molar-refractivity contribution in [1.29, 1.82) is 0 Å². The van der Waals surface area contributed by atoms with Gasteiger partial charge in [-0.05, 0) is 30.7 Å². The third-order valence-corrected chi connectivity index (χ3v) is 4.24. The zero-order chi connectivity index (χ0) is 12.3. The lowest BCUT2D eigenvalue weighted by molar-refractivity contribution is -0.126. The molecule has 98 valence electrons. The fourth-order valence-electron chi connectivity index (χ4n) is 2.63. The molecule has 0 aliphatic carbocycles. The lowest BCUT2D eigenvalue weighted by atomic mass is 9.82. The number of ether oxygens (including phenoxy) is 1. The number of amides is 1. The molecule has 2 atom stereocenters. The molecule has 4 nitrogen and oxygen atoms in total. The summed E-state index contributed by atoms with van der Waals surface area (Å²) in [6, 6.07) is 0. The van der Waals surface area contributed by atoms with Gasteiger partial charge in [0.25, 0.3) is 0 Å². The van der Waals surface area contributed by atoms with Gasteiger partial charge in [-0.3, -0.25) is 4.79 Å². The molecule has 2 saturated heterocycles. The predicted octanol–water partition coefficient (Wildman–Crippen LogP) is 0.775. The minimum Gasteiger partial charge on any atom is -0.381 e. The van der Waals surface area contributed by atoms with Crippen LogP contribution in [0.4, 0.5) is 0 Å². The molecule has 0 unspecified atom stereocenters. The van der Waals surface area contributed by atoms with E-state index in [1.165, 1.54) is 0 Å². The minimum absolute atomic E-state index is 0.151. The Kier molecular flexibility index (Phi) is 4.05. The Bertz CT molecular complexity index is 275. The van der Waals surface area contributed by atoms with E-state index >= 15 is 0 Å². The molecule has 2 fully saturated rings. The van der Waals surface area contributed by atoms with E-state index in [2.05, 4.69) is 24.5 Å². The van der Waals surface area contributed by atoms with Crippen molar-refractivity contribution in [3.05, 3.63) is 0 Å². The van der Waals surface area contributed by atoms with Crippen LogP contribution in [0, 0.1) is 17.3 Å². The van der Waals surface area contributed by atoms with Gasteiger partial charge in [0, 0.05) is 26.3 Å². The van der Waals surface area contributed by atoms with Crippen molar-refractivity contribution in [2.75, 3.05) is 32.8 Å². The molecule has 2 rings (SSSR count). The zero-order valence-corrected chi connectivity index (χ0v) is 10.9. The molecule has 0 aromatic carbocycles. The fraction of sp³-hybridized carbons (Fsp3) is 0.923. The van der Waals surface area contributed by atoms with Crippen LogP contribution in [0.1, 0.15) is 26.7 Å². The second-order valence-corrected chi connectivity index (χ2v) is 5.88. The van der Waals surface area contributed by atoms with Crippen molar-refractivity contribution in [2.24, 2.45) is 17.3 Å². The van der Waals surface area contributed by atoms with E-state index in [4.69, 9.17) is 4.74 Å². The van der Waals surface area contributed by atoms with Crippen LogP contribution in [0.15, 0.2) is 0 Å². The smallest absolute Gasteiger partial charge is 0.224 e. The Morgan fingerprint density at radius 3 is 2.71 bits per heavy atom. The molecular formula is C13H24N2O2. The molecule has 2 aliphatic heterocycles. The maximum Gasteiger partial charge on any atom is 0.224 e. The molecule has 0 saturated carbocycles. The fourth-order valence-corrected chi connectivity index (χ4v) is 2.63. The van der Waals surface area contributed by atoms with E-state index in [-0.39, 0.29) is 17.2 Å².